The molecule has 1 N–H and O–H groups in total. The maximum atomic E-state index is 5.88. The molecule has 1 aliphatic carbocycles. The summed E-state index contributed by atoms with van der Waals surface area (Å²) in [6, 6.07) is 1.37. The summed E-state index contributed by atoms with van der Waals surface area (Å²) in [6.45, 7) is 11.7. The molecule has 3 aliphatic rings. The van der Waals surface area contributed by atoms with E-state index in [4.69, 9.17) is 4.74 Å². The molecule has 2 heterocycles. The van der Waals surface area contributed by atoms with Gasteiger partial charge >= 0.3 is 0 Å². The fourth-order valence-corrected chi connectivity index (χ4v) is 4.40. The van der Waals surface area contributed by atoms with E-state index in [2.05, 4.69) is 31.0 Å². The van der Waals surface area contributed by atoms with E-state index in [0.29, 0.717) is 23.6 Å². The third kappa shape index (κ3) is 2.00. The van der Waals surface area contributed by atoms with Crippen LogP contribution in [-0.2, 0) is 4.74 Å². The van der Waals surface area contributed by atoms with Gasteiger partial charge in [-0.15, -0.1) is 0 Å². The SMILES string of the molecule is CCN1CCCC(NC2C3CCOC3C2(C)C)C1. The third-order valence-corrected chi connectivity index (χ3v) is 5.47. The predicted molar refractivity (Wildman–Crippen MR) is 73.7 cm³/mol. The highest BCUT2D eigenvalue weighted by molar-refractivity contribution is 5.12. The first-order chi connectivity index (χ1) is 8.63. The van der Waals surface area contributed by atoms with Gasteiger partial charge in [-0.3, -0.25) is 0 Å². The Morgan fingerprint density at radius 2 is 2.17 bits per heavy atom. The number of likely N-dealkylation sites (N-methyl/N-ethyl adjacent to an activating group) is 1. The van der Waals surface area contributed by atoms with Gasteiger partial charge in [0.25, 0.3) is 0 Å². The molecule has 0 aromatic carbocycles. The number of likely N-dealkylation sites (tertiary alicyclic amines) is 1. The van der Waals surface area contributed by atoms with Crippen molar-refractivity contribution in [2.45, 2.75) is 58.2 Å². The average Bonchev–Trinajstić information content (AvgIpc) is 2.83. The van der Waals surface area contributed by atoms with E-state index in [1.54, 1.807) is 0 Å². The van der Waals surface area contributed by atoms with Gasteiger partial charge in [0.05, 0.1) is 6.10 Å². The highest BCUT2D eigenvalue weighted by atomic mass is 16.5. The molecule has 4 atom stereocenters. The van der Waals surface area contributed by atoms with Crippen LogP contribution in [-0.4, -0.2) is 49.3 Å². The summed E-state index contributed by atoms with van der Waals surface area (Å²) in [5, 5.41) is 3.96. The molecule has 0 aromatic rings. The number of ether oxygens (including phenoxy) is 1. The Morgan fingerprint density at radius 1 is 1.33 bits per heavy atom. The summed E-state index contributed by atoms with van der Waals surface area (Å²) >= 11 is 0. The molecule has 0 bridgehead atoms. The Kier molecular flexibility index (Phi) is 3.41. The quantitative estimate of drug-likeness (QED) is 0.830. The molecule has 3 nitrogen and oxygen atoms in total. The van der Waals surface area contributed by atoms with E-state index in [1.165, 1.54) is 38.9 Å². The molecule has 2 saturated heterocycles. The Morgan fingerprint density at radius 3 is 2.94 bits per heavy atom. The summed E-state index contributed by atoms with van der Waals surface area (Å²) in [5.74, 6) is 0.775. The minimum Gasteiger partial charge on any atom is -0.377 e. The lowest BCUT2D eigenvalue weighted by Crippen LogP contribution is -2.68. The maximum absolute atomic E-state index is 5.88. The summed E-state index contributed by atoms with van der Waals surface area (Å²) in [6.07, 6.45) is 4.47. The van der Waals surface area contributed by atoms with Crippen LogP contribution in [0, 0.1) is 11.3 Å². The first kappa shape index (κ1) is 12.9. The maximum Gasteiger partial charge on any atom is 0.0685 e. The van der Waals surface area contributed by atoms with Crippen LogP contribution < -0.4 is 5.32 Å². The van der Waals surface area contributed by atoms with E-state index < -0.39 is 0 Å². The lowest BCUT2D eigenvalue weighted by Gasteiger charge is -2.56. The molecule has 0 radical (unpaired) electrons. The van der Waals surface area contributed by atoms with Gasteiger partial charge in [0.1, 0.15) is 0 Å². The van der Waals surface area contributed by atoms with Crippen LogP contribution >= 0.6 is 0 Å². The van der Waals surface area contributed by atoms with Crippen molar-refractivity contribution >= 4 is 0 Å². The standard InChI is InChI=1S/C15H28N2O/c1-4-17-8-5-6-11(10-17)16-13-12-7-9-18-14(12)15(13,2)3/h11-14,16H,4-10H2,1-3H3. The van der Waals surface area contributed by atoms with Gasteiger partial charge in [-0.1, -0.05) is 20.8 Å². The molecular formula is C15H28N2O. The minimum absolute atomic E-state index is 0.329. The minimum atomic E-state index is 0.329. The average molecular weight is 252 g/mol. The van der Waals surface area contributed by atoms with Crippen molar-refractivity contribution in [3.8, 4) is 0 Å². The van der Waals surface area contributed by atoms with Crippen LogP contribution in [0.2, 0.25) is 0 Å². The number of piperidine rings is 1. The topological polar surface area (TPSA) is 24.5 Å². The largest absolute Gasteiger partial charge is 0.377 e. The van der Waals surface area contributed by atoms with Gasteiger partial charge in [-0.25, -0.2) is 0 Å². The zero-order chi connectivity index (χ0) is 12.8. The van der Waals surface area contributed by atoms with Crippen LogP contribution in [0.1, 0.15) is 40.0 Å². The summed E-state index contributed by atoms with van der Waals surface area (Å²) in [7, 11) is 0. The lowest BCUT2D eigenvalue weighted by molar-refractivity contribution is -0.117. The van der Waals surface area contributed by atoms with E-state index in [1.807, 2.05) is 0 Å². The molecule has 18 heavy (non-hydrogen) atoms. The van der Waals surface area contributed by atoms with Crippen LogP contribution in [0.5, 0.6) is 0 Å². The van der Waals surface area contributed by atoms with Crippen molar-refractivity contribution in [3.05, 3.63) is 0 Å². The number of nitrogens with zero attached hydrogens (tertiary/aromatic N) is 1. The fraction of sp³-hybridized carbons (Fsp3) is 1.00. The molecule has 2 aliphatic heterocycles. The predicted octanol–water partition coefficient (Wildman–Crippen LogP) is 1.87. The molecular weight excluding hydrogens is 224 g/mol. The lowest BCUT2D eigenvalue weighted by atomic mass is 9.57. The number of rotatable bonds is 3. The number of fused-ring (bicyclic) bond motifs is 1. The van der Waals surface area contributed by atoms with Crippen molar-refractivity contribution in [1.82, 2.24) is 10.2 Å². The second-order valence-electron chi connectivity index (χ2n) is 6.94. The second kappa shape index (κ2) is 4.77. The van der Waals surface area contributed by atoms with Crippen molar-refractivity contribution in [2.75, 3.05) is 26.2 Å². The first-order valence-corrected chi connectivity index (χ1v) is 7.73. The molecule has 4 unspecified atom stereocenters. The number of hydrogen-bond acceptors (Lipinski definition) is 3. The van der Waals surface area contributed by atoms with Crippen LogP contribution in [0.25, 0.3) is 0 Å². The molecule has 3 rings (SSSR count). The van der Waals surface area contributed by atoms with E-state index >= 15 is 0 Å². The molecule has 3 heteroatoms. The van der Waals surface area contributed by atoms with Gasteiger partial charge in [-0.05, 0) is 32.4 Å². The Hall–Kier alpha value is -0.120. The van der Waals surface area contributed by atoms with E-state index in [0.717, 1.165) is 12.5 Å². The number of hydrogen-bond donors (Lipinski definition) is 1. The molecule has 1 saturated carbocycles. The Balaban J connectivity index is 1.59. The van der Waals surface area contributed by atoms with Gasteiger partial charge in [0.2, 0.25) is 0 Å². The van der Waals surface area contributed by atoms with Crippen molar-refractivity contribution in [3.63, 3.8) is 0 Å². The van der Waals surface area contributed by atoms with Gasteiger partial charge in [0, 0.05) is 36.6 Å². The summed E-state index contributed by atoms with van der Waals surface area (Å²) in [5.41, 5.74) is 0.329. The Labute approximate surface area is 111 Å². The monoisotopic (exact) mass is 252 g/mol. The zero-order valence-electron chi connectivity index (χ0n) is 12.1. The summed E-state index contributed by atoms with van der Waals surface area (Å²) in [4.78, 5) is 2.58. The molecule has 0 amide bonds. The zero-order valence-corrected chi connectivity index (χ0v) is 12.1. The highest BCUT2D eigenvalue weighted by Crippen LogP contribution is 2.52. The van der Waals surface area contributed by atoms with E-state index in [9.17, 15) is 0 Å². The van der Waals surface area contributed by atoms with Crippen molar-refractivity contribution in [2.24, 2.45) is 11.3 Å². The van der Waals surface area contributed by atoms with Crippen molar-refractivity contribution in [1.29, 1.82) is 0 Å². The van der Waals surface area contributed by atoms with Crippen LogP contribution in [0.15, 0.2) is 0 Å². The van der Waals surface area contributed by atoms with E-state index in [-0.39, 0.29) is 0 Å². The summed E-state index contributed by atoms with van der Waals surface area (Å²) < 4.78 is 5.88. The Bertz CT molecular complexity index is 305. The highest BCUT2D eigenvalue weighted by Gasteiger charge is 2.59. The molecule has 104 valence electrons. The van der Waals surface area contributed by atoms with Gasteiger partial charge < -0.3 is 15.0 Å². The second-order valence-corrected chi connectivity index (χ2v) is 6.94. The normalized spacial score (nSPS) is 43.5. The number of nitrogens with one attached hydrogen (secondary N) is 1. The van der Waals surface area contributed by atoms with Crippen molar-refractivity contribution < 1.29 is 4.74 Å². The third-order valence-electron chi connectivity index (χ3n) is 5.47. The van der Waals surface area contributed by atoms with Crippen LogP contribution in [0.4, 0.5) is 0 Å². The molecule has 0 aromatic heterocycles. The van der Waals surface area contributed by atoms with Gasteiger partial charge in [-0.2, -0.15) is 0 Å². The molecule has 0 spiro atoms. The first-order valence-electron chi connectivity index (χ1n) is 7.73. The molecule has 3 fully saturated rings. The fourth-order valence-electron chi connectivity index (χ4n) is 4.40. The van der Waals surface area contributed by atoms with Crippen LogP contribution in [0.3, 0.4) is 0 Å². The van der Waals surface area contributed by atoms with Gasteiger partial charge in [0.15, 0.2) is 0 Å². The smallest absolute Gasteiger partial charge is 0.0685 e.